The maximum atomic E-state index is 13.0. The molecule has 0 amide bonds. The maximum absolute atomic E-state index is 13.0. The van der Waals surface area contributed by atoms with E-state index in [1.165, 1.54) is 10.9 Å². The standard InChI is InChI=1S/C19H20N2O2S/c1-14-6-5-7-15(12-14)24(22,23)21-11-10-17-16-8-3-4-9-18(16)20(2)19(17)13-21/h3-9,12H,10-11,13H2,1-2H3. The average molecular weight is 340 g/mol. The summed E-state index contributed by atoms with van der Waals surface area (Å²) >= 11 is 0. The molecule has 24 heavy (non-hydrogen) atoms. The van der Waals surface area contributed by atoms with Gasteiger partial charge in [0.15, 0.2) is 0 Å². The molecule has 0 saturated heterocycles. The molecule has 5 heteroatoms. The van der Waals surface area contributed by atoms with E-state index in [1.807, 2.05) is 32.2 Å². The minimum Gasteiger partial charge on any atom is -0.346 e. The second kappa shape index (κ2) is 5.46. The zero-order valence-corrected chi connectivity index (χ0v) is 14.7. The van der Waals surface area contributed by atoms with Gasteiger partial charge in [0.2, 0.25) is 10.0 Å². The quantitative estimate of drug-likeness (QED) is 0.719. The Morgan fingerprint density at radius 1 is 1.04 bits per heavy atom. The summed E-state index contributed by atoms with van der Waals surface area (Å²) in [6, 6.07) is 15.4. The lowest BCUT2D eigenvalue weighted by Gasteiger charge is -2.27. The smallest absolute Gasteiger partial charge is 0.243 e. The number of sulfonamides is 1. The minimum atomic E-state index is -3.46. The molecule has 0 fully saturated rings. The Kier molecular flexibility index (Phi) is 3.51. The molecule has 2 aromatic carbocycles. The number of rotatable bonds is 2. The molecule has 0 radical (unpaired) electrons. The van der Waals surface area contributed by atoms with Crippen LogP contribution in [-0.2, 0) is 30.0 Å². The van der Waals surface area contributed by atoms with Crippen molar-refractivity contribution in [3.05, 3.63) is 65.4 Å². The average Bonchev–Trinajstić information content (AvgIpc) is 2.88. The molecule has 0 atom stereocenters. The Labute approximate surface area is 142 Å². The third kappa shape index (κ3) is 2.27. The van der Waals surface area contributed by atoms with Crippen molar-refractivity contribution < 1.29 is 8.42 Å². The van der Waals surface area contributed by atoms with Gasteiger partial charge >= 0.3 is 0 Å². The van der Waals surface area contributed by atoms with E-state index in [9.17, 15) is 8.42 Å². The van der Waals surface area contributed by atoms with Gasteiger partial charge in [-0.1, -0.05) is 30.3 Å². The van der Waals surface area contributed by atoms with Crippen LogP contribution in [0.5, 0.6) is 0 Å². The number of hydrogen-bond donors (Lipinski definition) is 0. The molecule has 124 valence electrons. The second-order valence-corrected chi connectivity index (χ2v) is 8.34. The molecule has 0 aliphatic carbocycles. The van der Waals surface area contributed by atoms with E-state index in [1.54, 1.807) is 22.5 Å². The molecular weight excluding hydrogens is 320 g/mol. The van der Waals surface area contributed by atoms with Crippen molar-refractivity contribution in [1.29, 1.82) is 0 Å². The zero-order chi connectivity index (χ0) is 16.9. The second-order valence-electron chi connectivity index (χ2n) is 6.41. The Morgan fingerprint density at radius 2 is 1.83 bits per heavy atom. The first-order valence-corrected chi connectivity index (χ1v) is 9.54. The first kappa shape index (κ1) is 15.4. The topological polar surface area (TPSA) is 42.3 Å². The lowest BCUT2D eigenvalue weighted by atomic mass is 10.1. The highest BCUT2D eigenvalue weighted by Crippen LogP contribution is 2.32. The highest BCUT2D eigenvalue weighted by molar-refractivity contribution is 7.89. The highest BCUT2D eigenvalue weighted by Gasteiger charge is 2.31. The molecule has 0 saturated carbocycles. The van der Waals surface area contributed by atoms with Crippen LogP contribution in [0.2, 0.25) is 0 Å². The van der Waals surface area contributed by atoms with Crippen molar-refractivity contribution in [3.63, 3.8) is 0 Å². The van der Waals surface area contributed by atoms with Gasteiger partial charge in [-0.3, -0.25) is 0 Å². The van der Waals surface area contributed by atoms with Crippen molar-refractivity contribution in [2.24, 2.45) is 7.05 Å². The first-order valence-electron chi connectivity index (χ1n) is 8.10. The molecule has 0 N–H and O–H groups in total. The van der Waals surface area contributed by atoms with Crippen LogP contribution in [0.25, 0.3) is 10.9 Å². The van der Waals surface area contributed by atoms with Crippen molar-refractivity contribution in [2.45, 2.75) is 24.8 Å². The molecule has 0 spiro atoms. The summed E-state index contributed by atoms with van der Waals surface area (Å²) < 4.78 is 29.7. The Morgan fingerprint density at radius 3 is 2.62 bits per heavy atom. The summed E-state index contributed by atoms with van der Waals surface area (Å²) in [4.78, 5) is 0.379. The number of fused-ring (bicyclic) bond motifs is 3. The van der Waals surface area contributed by atoms with E-state index in [2.05, 4.69) is 16.7 Å². The van der Waals surface area contributed by atoms with Crippen LogP contribution >= 0.6 is 0 Å². The third-order valence-corrected chi connectivity index (χ3v) is 6.75. The van der Waals surface area contributed by atoms with Crippen LogP contribution in [0, 0.1) is 6.92 Å². The van der Waals surface area contributed by atoms with Gasteiger partial charge in [-0.05, 0) is 42.7 Å². The van der Waals surface area contributed by atoms with Crippen LogP contribution in [-0.4, -0.2) is 23.8 Å². The molecular formula is C19H20N2O2S. The van der Waals surface area contributed by atoms with Gasteiger partial charge < -0.3 is 4.57 Å². The molecule has 4 nitrogen and oxygen atoms in total. The number of benzene rings is 2. The van der Waals surface area contributed by atoms with Gasteiger partial charge in [0.05, 0.1) is 11.4 Å². The lowest BCUT2D eigenvalue weighted by molar-refractivity contribution is 0.382. The molecule has 0 unspecified atom stereocenters. The van der Waals surface area contributed by atoms with Gasteiger partial charge in [-0.15, -0.1) is 0 Å². The molecule has 4 rings (SSSR count). The van der Waals surface area contributed by atoms with Crippen LogP contribution < -0.4 is 0 Å². The normalized spacial score (nSPS) is 15.6. The zero-order valence-electron chi connectivity index (χ0n) is 13.9. The minimum absolute atomic E-state index is 0.379. The number of nitrogens with zero attached hydrogens (tertiary/aromatic N) is 2. The summed E-state index contributed by atoms with van der Waals surface area (Å²) in [5.74, 6) is 0. The van der Waals surface area contributed by atoms with E-state index in [0.717, 1.165) is 23.2 Å². The van der Waals surface area contributed by atoms with Crippen molar-refractivity contribution in [1.82, 2.24) is 8.87 Å². The van der Waals surface area contributed by atoms with E-state index in [-0.39, 0.29) is 0 Å². The maximum Gasteiger partial charge on any atom is 0.243 e. The number of aromatic nitrogens is 1. The third-order valence-electron chi connectivity index (χ3n) is 4.91. The fraction of sp³-hybridized carbons (Fsp3) is 0.263. The van der Waals surface area contributed by atoms with E-state index in [4.69, 9.17) is 0 Å². The molecule has 1 aromatic heterocycles. The van der Waals surface area contributed by atoms with Crippen LogP contribution in [0.1, 0.15) is 16.8 Å². The molecule has 1 aliphatic rings. The molecule has 3 aromatic rings. The van der Waals surface area contributed by atoms with E-state index >= 15 is 0 Å². The van der Waals surface area contributed by atoms with Crippen LogP contribution in [0.3, 0.4) is 0 Å². The van der Waals surface area contributed by atoms with Gasteiger partial charge in [0.1, 0.15) is 0 Å². The largest absolute Gasteiger partial charge is 0.346 e. The number of para-hydroxylation sites is 1. The summed E-state index contributed by atoms with van der Waals surface area (Å²) in [6.45, 7) is 2.87. The summed E-state index contributed by atoms with van der Waals surface area (Å²) in [6.07, 6.45) is 0.752. The molecule has 1 aliphatic heterocycles. The molecule has 0 bridgehead atoms. The van der Waals surface area contributed by atoms with E-state index in [0.29, 0.717) is 18.0 Å². The monoisotopic (exact) mass is 340 g/mol. The SMILES string of the molecule is Cc1cccc(S(=O)(=O)N2CCc3c(n(C)c4ccccc34)C2)c1. The van der Waals surface area contributed by atoms with Crippen molar-refractivity contribution in [2.75, 3.05) is 6.54 Å². The van der Waals surface area contributed by atoms with Gasteiger partial charge in [0, 0.05) is 30.2 Å². The van der Waals surface area contributed by atoms with Gasteiger partial charge in [0.25, 0.3) is 0 Å². The van der Waals surface area contributed by atoms with Crippen molar-refractivity contribution in [3.8, 4) is 0 Å². The van der Waals surface area contributed by atoms with E-state index < -0.39 is 10.0 Å². The fourth-order valence-electron chi connectivity index (χ4n) is 3.62. The summed E-state index contributed by atoms with van der Waals surface area (Å²) in [5, 5.41) is 1.24. The molecule has 2 heterocycles. The van der Waals surface area contributed by atoms with Crippen LogP contribution in [0.15, 0.2) is 53.4 Å². The van der Waals surface area contributed by atoms with Crippen LogP contribution in [0.4, 0.5) is 0 Å². The first-order chi connectivity index (χ1) is 11.5. The highest BCUT2D eigenvalue weighted by atomic mass is 32.2. The predicted molar refractivity (Wildman–Crippen MR) is 95.4 cm³/mol. The lowest BCUT2D eigenvalue weighted by Crippen LogP contribution is -2.36. The Balaban J connectivity index is 1.77. The Hall–Kier alpha value is -2.11. The number of aryl methyl sites for hydroxylation is 2. The van der Waals surface area contributed by atoms with Gasteiger partial charge in [-0.25, -0.2) is 8.42 Å². The fourth-order valence-corrected chi connectivity index (χ4v) is 5.13. The summed E-state index contributed by atoms with van der Waals surface area (Å²) in [7, 11) is -1.44. The Bertz CT molecular complexity index is 1030. The van der Waals surface area contributed by atoms with Crippen molar-refractivity contribution >= 4 is 20.9 Å². The summed E-state index contributed by atoms with van der Waals surface area (Å²) in [5.41, 5.74) is 4.50. The predicted octanol–water partition coefficient (Wildman–Crippen LogP) is 3.23. The van der Waals surface area contributed by atoms with Gasteiger partial charge in [-0.2, -0.15) is 4.31 Å². The number of hydrogen-bond acceptors (Lipinski definition) is 2.